The molecule has 178 valence electrons. The average molecular weight is 481 g/mol. The van der Waals surface area contributed by atoms with E-state index in [1.54, 1.807) is 50.3 Å². The number of benzene rings is 2. The number of hydrogen-bond acceptors (Lipinski definition) is 6. The highest BCUT2D eigenvalue weighted by Crippen LogP contribution is 2.24. The number of hydrogen-bond donors (Lipinski definition) is 1. The Morgan fingerprint density at radius 3 is 2.35 bits per heavy atom. The molecule has 0 radical (unpaired) electrons. The van der Waals surface area contributed by atoms with Gasteiger partial charge in [-0.2, -0.15) is 4.31 Å². The summed E-state index contributed by atoms with van der Waals surface area (Å²) in [7, 11) is -3.56. The van der Waals surface area contributed by atoms with E-state index in [9.17, 15) is 13.2 Å². The smallest absolute Gasteiger partial charge is 0.243 e. The topological polar surface area (TPSA) is 95.8 Å². The third kappa shape index (κ3) is 5.21. The number of para-hydroxylation sites is 1. The first kappa shape index (κ1) is 23.7. The predicted molar refractivity (Wildman–Crippen MR) is 133 cm³/mol. The zero-order chi connectivity index (χ0) is 24.1. The van der Waals surface area contributed by atoms with Crippen LogP contribution in [0.5, 0.6) is 0 Å². The molecule has 8 nitrogen and oxygen atoms in total. The van der Waals surface area contributed by atoms with Crippen molar-refractivity contribution in [3.05, 3.63) is 71.6 Å². The van der Waals surface area contributed by atoms with Crippen molar-refractivity contribution in [1.82, 2.24) is 9.46 Å². The van der Waals surface area contributed by atoms with Crippen LogP contribution in [0.1, 0.15) is 30.4 Å². The van der Waals surface area contributed by atoms with Gasteiger partial charge in [0.1, 0.15) is 11.4 Å². The fourth-order valence-electron chi connectivity index (χ4n) is 3.78. The summed E-state index contributed by atoms with van der Waals surface area (Å²) in [4.78, 5) is 14.2. The van der Waals surface area contributed by atoms with Gasteiger partial charge in [0.15, 0.2) is 5.76 Å². The number of nitrogens with zero attached hydrogens (tertiary/aromatic N) is 3. The van der Waals surface area contributed by atoms with Crippen LogP contribution in [0.25, 0.3) is 12.2 Å². The molecule has 1 N–H and O–H groups in total. The Morgan fingerprint density at radius 1 is 1.03 bits per heavy atom. The summed E-state index contributed by atoms with van der Waals surface area (Å²) in [6, 6.07) is 16.7. The van der Waals surface area contributed by atoms with Crippen LogP contribution in [0.4, 0.5) is 11.4 Å². The van der Waals surface area contributed by atoms with Gasteiger partial charge in [-0.3, -0.25) is 4.79 Å². The highest BCUT2D eigenvalue weighted by atomic mass is 32.2. The van der Waals surface area contributed by atoms with E-state index in [0.717, 1.165) is 11.3 Å². The average Bonchev–Trinajstić information content (AvgIpc) is 3.22. The van der Waals surface area contributed by atoms with Gasteiger partial charge in [-0.15, -0.1) is 0 Å². The van der Waals surface area contributed by atoms with E-state index in [0.29, 0.717) is 49.7 Å². The third-order valence-corrected chi connectivity index (χ3v) is 7.69. The van der Waals surface area contributed by atoms with Gasteiger partial charge in [0.2, 0.25) is 15.9 Å². The SMILES string of the molecule is CCC(=O)Nc1c(C)noc1C=Cc1ccc(S(=O)(=O)N2CCN(c3ccccc3)CC2)cc1. The maximum Gasteiger partial charge on any atom is 0.243 e. The highest BCUT2D eigenvalue weighted by Gasteiger charge is 2.28. The molecule has 2 aromatic carbocycles. The number of amides is 1. The molecule has 34 heavy (non-hydrogen) atoms. The summed E-state index contributed by atoms with van der Waals surface area (Å²) in [5.74, 6) is 0.312. The molecule has 0 atom stereocenters. The second-order valence-electron chi connectivity index (χ2n) is 8.04. The number of nitrogens with one attached hydrogen (secondary N) is 1. The molecular weight excluding hydrogens is 452 g/mol. The number of piperazine rings is 1. The van der Waals surface area contributed by atoms with Crippen LogP contribution >= 0.6 is 0 Å². The lowest BCUT2D eigenvalue weighted by molar-refractivity contribution is -0.115. The Labute approximate surface area is 199 Å². The van der Waals surface area contributed by atoms with Gasteiger partial charge >= 0.3 is 0 Å². The molecule has 0 bridgehead atoms. The van der Waals surface area contributed by atoms with E-state index in [2.05, 4.69) is 15.4 Å². The Morgan fingerprint density at radius 2 is 1.71 bits per heavy atom. The van der Waals surface area contributed by atoms with E-state index >= 15 is 0 Å². The number of aromatic nitrogens is 1. The molecular formula is C25H28N4O4S. The van der Waals surface area contributed by atoms with Crippen molar-refractivity contribution in [2.24, 2.45) is 0 Å². The van der Waals surface area contributed by atoms with E-state index < -0.39 is 10.0 Å². The zero-order valence-corrected chi connectivity index (χ0v) is 20.1. The summed E-state index contributed by atoms with van der Waals surface area (Å²) in [5.41, 5.74) is 3.04. The minimum absolute atomic E-state index is 0.125. The number of rotatable bonds is 7. The van der Waals surface area contributed by atoms with E-state index in [1.165, 1.54) is 4.31 Å². The standard InChI is InChI=1S/C25H28N4O4S/c1-3-24(30)26-25-19(2)27-33-23(25)14-11-20-9-12-22(13-10-20)34(31,32)29-17-15-28(16-18-29)21-7-5-4-6-8-21/h4-14H,3,15-18H2,1-2H3,(H,26,30). The van der Waals surface area contributed by atoms with Crippen LogP contribution in [0.3, 0.4) is 0 Å². The molecule has 1 saturated heterocycles. The van der Waals surface area contributed by atoms with E-state index in [1.807, 2.05) is 30.3 Å². The molecule has 0 spiro atoms. The first-order valence-electron chi connectivity index (χ1n) is 11.2. The van der Waals surface area contributed by atoms with Gasteiger partial charge in [0.05, 0.1) is 4.90 Å². The van der Waals surface area contributed by atoms with Crippen molar-refractivity contribution in [2.45, 2.75) is 25.2 Å². The second kappa shape index (κ2) is 10.2. The highest BCUT2D eigenvalue weighted by molar-refractivity contribution is 7.89. The van der Waals surface area contributed by atoms with Crippen molar-refractivity contribution in [2.75, 3.05) is 36.4 Å². The minimum Gasteiger partial charge on any atom is -0.369 e. The summed E-state index contributed by atoms with van der Waals surface area (Å²) in [6.45, 7) is 5.71. The zero-order valence-electron chi connectivity index (χ0n) is 19.3. The van der Waals surface area contributed by atoms with Crippen LogP contribution in [0.2, 0.25) is 0 Å². The van der Waals surface area contributed by atoms with Crippen molar-refractivity contribution in [3.63, 3.8) is 0 Å². The summed E-state index contributed by atoms with van der Waals surface area (Å²) >= 11 is 0. The minimum atomic E-state index is -3.56. The Balaban J connectivity index is 1.42. The molecule has 1 aromatic heterocycles. The molecule has 1 amide bonds. The molecule has 2 heterocycles. The van der Waals surface area contributed by atoms with Gasteiger partial charge in [-0.05, 0) is 42.8 Å². The predicted octanol–water partition coefficient (Wildman–Crippen LogP) is 4.01. The first-order chi connectivity index (χ1) is 16.4. The molecule has 0 saturated carbocycles. The quantitative estimate of drug-likeness (QED) is 0.549. The molecule has 1 aliphatic heterocycles. The van der Waals surface area contributed by atoms with Crippen LogP contribution in [0.15, 0.2) is 64.0 Å². The van der Waals surface area contributed by atoms with E-state index in [-0.39, 0.29) is 10.8 Å². The number of sulfonamides is 1. The molecule has 0 unspecified atom stereocenters. The van der Waals surface area contributed by atoms with Gasteiger partial charge in [0, 0.05) is 38.3 Å². The number of aryl methyl sites for hydroxylation is 1. The molecule has 0 aliphatic carbocycles. The normalized spacial score (nSPS) is 15.1. The number of carbonyl (C=O) groups excluding carboxylic acids is 1. The maximum atomic E-state index is 13.1. The van der Waals surface area contributed by atoms with Crippen LogP contribution in [0, 0.1) is 6.92 Å². The van der Waals surface area contributed by atoms with Crippen molar-refractivity contribution in [3.8, 4) is 0 Å². The van der Waals surface area contributed by atoms with Crippen LogP contribution in [-0.2, 0) is 14.8 Å². The molecule has 9 heteroatoms. The second-order valence-corrected chi connectivity index (χ2v) is 9.98. The fourth-order valence-corrected chi connectivity index (χ4v) is 5.20. The van der Waals surface area contributed by atoms with Gasteiger partial charge in [-0.25, -0.2) is 8.42 Å². The largest absolute Gasteiger partial charge is 0.369 e. The summed E-state index contributed by atoms with van der Waals surface area (Å²) in [5, 5.41) is 6.70. The molecule has 3 aromatic rings. The lowest BCUT2D eigenvalue weighted by Gasteiger charge is -2.35. The van der Waals surface area contributed by atoms with Gasteiger partial charge < -0.3 is 14.7 Å². The van der Waals surface area contributed by atoms with Gasteiger partial charge in [-0.1, -0.05) is 48.5 Å². The fraction of sp³-hybridized carbons (Fsp3) is 0.280. The molecule has 1 aliphatic rings. The van der Waals surface area contributed by atoms with Crippen LogP contribution < -0.4 is 10.2 Å². The number of carbonyl (C=O) groups is 1. The lowest BCUT2D eigenvalue weighted by atomic mass is 10.2. The van der Waals surface area contributed by atoms with Gasteiger partial charge in [0.25, 0.3) is 0 Å². The third-order valence-electron chi connectivity index (χ3n) is 5.78. The Bertz CT molecular complexity index is 1260. The van der Waals surface area contributed by atoms with Crippen molar-refractivity contribution in [1.29, 1.82) is 0 Å². The molecule has 4 rings (SSSR count). The van der Waals surface area contributed by atoms with Crippen molar-refractivity contribution < 1.29 is 17.7 Å². The lowest BCUT2D eigenvalue weighted by Crippen LogP contribution is -2.48. The number of anilines is 2. The molecule has 1 fully saturated rings. The maximum absolute atomic E-state index is 13.1. The Hall–Kier alpha value is -3.43. The summed E-state index contributed by atoms with van der Waals surface area (Å²) < 4.78 is 33.1. The first-order valence-corrected chi connectivity index (χ1v) is 12.7. The van der Waals surface area contributed by atoms with Crippen molar-refractivity contribution >= 4 is 39.5 Å². The monoisotopic (exact) mass is 480 g/mol. The van der Waals surface area contributed by atoms with Crippen LogP contribution in [-0.4, -0.2) is 50.0 Å². The Kier molecular flexibility index (Phi) is 7.14. The summed E-state index contributed by atoms with van der Waals surface area (Å²) in [6.07, 6.45) is 3.85. The van der Waals surface area contributed by atoms with E-state index in [4.69, 9.17) is 4.52 Å².